The number of benzene rings is 1. The van der Waals surface area contributed by atoms with Crippen LogP contribution in [0.5, 0.6) is 0 Å². The minimum atomic E-state index is -3.71. The number of fused-ring (bicyclic) bond motifs is 1. The minimum Gasteiger partial charge on any atom is -0.369 e. The molecule has 1 amide bonds. The van der Waals surface area contributed by atoms with Crippen molar-refractivity contribution in [3.8, 4) is 0 Å². The van der Waals surface area contributed by atoms with Gasteiger partial charge in [0.1, 0.15) is 4.90 Å². The van der Waals surface area contributed by atoms with Crippen molar-refractivity contribution in [3.05, 3.63) is 23.3 Å². The van der Waals surface area contributed by atoms with Crippen LogP contribution >= 0.6 is 0 Å². The van der Waals surface area contributed by atoms with E-state index in [0.29, 0.717) is 5.56 Å². The van der Waals surface area contributed by atoms with Crippen LogP contribution in [0.15, 0.2) is 17.0 Å². The number of rotatable bonds is 2. The third kappa shape index (κ3) is 2.40. The molecule has 0 saturated carbocycles. The first kappa shape index (κ1) is 14.3. The molecule has 1 aromatic carbocycles. The fourth-order valence-corrected chi connectivity index (χ4v) is 4.08. The zero-order valence-electron chi connectivity index (χ0n) is 12.1. The molecule has 3 rings (SSSR count). The van der Waals surface area contributed by atoms with Gasteiger partial charge in [-0.1, -0.05) is 13.8 Å². The molecule has 0 unspecified atom stereocenters. The van der Waals surface area contributed by atoms with Gasteiger partial charge in [0, 0.05) is 31.9 Å². The average Bonchev–Trinajstić information content (AvgIpc) is 2.69. The van der Waals surface area contributed by atoms with Crippen molar-refractivity contribution >= 4 is 21.6 Å². The summed E-state index contributed by atoms with van der Waals surface area (Å²) < 4.78 is 26.3. The zero-order chi connectivity index (χ0) is 15.2. The molecule has 1 saturated heterocycles. The van der Waals surface area contributed by atoms with Crippen molar-refractivity contribution in [2.45, 2.75) is 24.7 Å². The number of nitrogens with one attached hydrogen (secondary N) is 2. The highest BCUT2D eigenvalue weighted by Gasteiger charge is 2.36. The molecule has 1 aromatic rings. The summed E-state index contributed by atoms with van der Waals surface area (Å²) in [4.78, 5) is 14.3. The summed E-state index contributed by atoms with van der Waals surface area (Å²) in [5, 5.41) is 3.27. The Balaban J connectivity index is 2.17. The van der Waals surface area contributed by atoms with Gasteiger partial charge in [-0.15, -0.1) is 0 Å². The first-order valence-corrected chi connectivity index (χ1v) is 8.59. The Labute approximate surface area is 124 Å². The van der Waals surface area contributed by atoms with E-state index >= 15 is 0 Å². The molecular weight excluding hydrogens is 290 g/mol. The van der Waals surface area contributed by atoms with Crippen LogP contribution in [0, 0.1) is 0 Å². The maximum atomic E-state index is 12.1. The molecule has 114 valence electrons. The molecule has 7 heteroatoms. The third-order valence-electron chi connectivity index (χ3n) is 3.97. The predicted molar refractivity (Wildman–Crippen MR) is 80.3 cm³/mol. The Bertz CT molecular complexity index is 692. The Kier molecular flexibility index (Phi) is 3.41. The van der Waals surface area contributed by atoms with Crippen LogP contribution in [0.2, 0.25) is 0 Å². The predicted octanol–water partition coefficient (Wildman–Crippen LogP) is 0.652. The largest absolute Gasteiger partial charge is 0.369 e. The van der Waals surface area contributed by atoms with Gasteiger partial charge in [0.25, 0.3) is 15.9 Å². The molecule has 0 spiro atoms. The standard InChI is InChI=1S/C14H19N3O3S/c1-9(2)11-7-10(17-5-3-15-4-6-17)8-12-13(11)14(18)16-21(12,19)20/h7-9,15H,3-6H2,1-2H3,(H,16,18). The summed E-state index contributed by atoms with van der Waals surface area (Å²) in [6, 6.07) is 3.58. The Hall–Kier alpha value is -1.60. The number of anilines is 1. The van der Waals surface area contributed by atoms with Gasteiger partial charge in [0.15, 0.2) is 0 Å². The summed E-state index contributed by atoms with van der Waals surface area (Å²) >= 11 is 0. The van der Waals surface area contributed by atoms with E-state index in [-0.39, 0.29) is 10.8 Å². The molecule has 6 nitrogen and oxygen atoms in total. The molecule has 2 heterocycles. The lowest BCUT2D eigenvalue weighted by Crippen LogP contribution is -2.43. The molecule has 2 aliphatic heterocycles. The summed E-state index contributed by atoms with van der Waals surface area (Å²) in [6.45, 7) is 7.34. The molecule has 2 N–H and O–H groups in total. The van der Waals surface area contributed by atoms with Crippen LogP contribution in [-0.4, -0.2) is 40.5 Å². The maximum absolute atomic E-state index is 12.1. The van der Waals surface area contributed by atoms with Crippen molar-refractivity contribution in [2.75, 3.05) is 31.1 Å². The van der Waals surface area contributed by atoms with Crippen LogP contribution in [0.4, 0.5) is 5.69 Å². The number of amides is 1. The quantitative estimate of drug-likeness (QED) is 0.839. The van der Waals surface area contributed by atoms with Crippen LogP contribution < -0.4 is 14.9 Å². The van der Waals surface area contributed by atoms with Gasteiger partial charge in [-0.2, -0.15) is 0 Å². The monoisotopic (exact) mass is 309 g/mol. The lowest BCUT2D eigenvalue weighted by molar-refractivity contribution is 0.0984. The smallest absolute Gasteiger partial charge is 0.266 e. The molecule has 1 fully saturated rings. The van der Waals surface area contributed by atoms with Gasteiger partial charge in [0.2, 0.25) is 0 Å². The van der Waals surface area contributed by atoms with Gasteiger partial charge >= 0.3 is 0 Å². The van der Waals surface area contributed by atoms with E-state index in [4.69, 9.17) is 0 Å². The number of hydrogen-bond donors (Lipinski definition) is 2. The fraction of sp³-hybridized carbons (Fsp3) is 0.500. The van der Waals surface area contributed by atoms with Crippen LogP contribution in [0.3, 0.4) is 0 Å². The fourth-order valence-electron chi connectivity index (χ4n) is 2.87. The van der Waals surface area contributed by atoms with Crippen molar-refractivity contribution in [1.82, 2.24) is 10.0 Å². The first-order valence-electron chi connectivity index (χ1n) is 7.11. The summed E-state index contributed by atoms with van der Waals surface area (Å²) in [7, 11) is -3.71. The molecular formula is C14H19N3O3S. The molecule has 0 bridgehead atoms. The van der Waals surface area contributed by atoms with Gasteiger partial charge in [-0.3, -0.25) is 4.79 Å². The van der Waals surface area contributed by atoms with E-state index in [1.54, 1.807) is 6.07 Å². The Morgan fingerprint density at radius 3 is 2.48 bits per heavy atom. The van der Waals surface area contributed by atoms with E-state index in [2.05, 4.69) is 14.9 Å². The van der Waals surface area contributed by atoms with E-state index in [0.717, 1.165) is 37.4 Å². The van der Waals surface area contributed by atoms with Crippen molar-refractivity contribution < 1.29 is 13.2 Å². The summed E-state index contributed by atoms with van der Waals surface area (Å²) in [6.07, 6.45) is 0. The minimum absolute atomic E-state index is 0.0839. The number of carbonyl (C=O) groups is 1. The highest BCUT2D eigenvalue weighted by Crippen LogP contribution is 2.34. The summed E-state index contributed by atoms with van der Waals surface area (Å²) in [5.74, 6) is -0.429. The zero-order valence-corrected chi connectivity index (χ0v) is 13.0. The van der Waals surface area contributed by atoms with Crippen molar-refractivity contribution in [1.29, 1.82) is 0 Å². The number of carbonyl (C=O) groups excluding carboxylic acids is 1. The summed E-state index contributed by atoms with van der Waals surface area (Å²) in [5.41, 5.74) is 1.97. The van der Waals surface area contributed by atoms with E-state index < -0.39 is 15.9 Å². The van der Waals surface area contributed by atoms with Gasteiger partial charge in [0.05, 0.1) is 5.56 Å². The van der Waals surface area contributed by atoms with Gasteiger partial charge < -0.3 is 10.2 Å². The molecule has 2 aliphatic rings. The van der Waals surface area contributed by atoms with Crippen molar-refractivity contribution in [2.24, 2.45) is 0 Å². The molecule has 0 aromatic heterocycles. The van der Waals surface area contributed by atoms with Gasteiger partial charge in [-0.05, 0) is 23.6 Å². The van der Waals surface area contributed by atoms with Gasteiger partial charge in [-0.25, -0.2) is 13.1 Å². The second-order valence-electron chi connectivity index (χ2n) is 5.73. The highest BCUT2D eigenvalue weighted by atomic mass is 32.2. The van der Waals surface area contributed by atoms with Crippen molar-refractivity contribution in [3.63, 3.8) is 0 Å². The van der Waals surface area contributed by atoms with E-state index in [1.807, 2.05) is 19.9 Å². The second kappa shape index (κ2) is 4.99. The van der Waals surface area contributed by atoms with Crippen LogP contribution in [0.25, 0.3) is 0 Å². The molecule has 21 heavy (non-hydrogen) atoms. The maximum Gasteiger partial charge on any atom is 0.266 e. The third-order valence-corrected chi connectivity index (χ3v) is 5.32. The van der Waals surface area contributed by atoms with E-state index in [9.17, 15) is 13.2 Å². The number of piperazine rings is 1. The number of sulfonamides is 1. The SMILES string of the molecule is CC(C)c1cc(N2CCNCC2)cc2c1C(=O)NS2(=O)=O. The Morgan fingerprint density at radius 1 is 1.19 bits per heavy atom. The normalized spacial score (nSPS) is 20.5. The topological polar surface area (TPSA) is 78.5 Å². The van der Waals surface area contributed by atoms with Crippen LogP contribution in [0.1, 0.15) is 35.7 Å². The lowest BCUT2D eigenvalue weighted by Gasteiger charge is -2.30. The van der Waals surface area contributed by atoms with Crippen LogP contribution in [-0.2, 0) is 10.0 Å². The Morgan fingerprint density at radius 2 is 1.86 bits per heavy atom. The average molecular weight is 309 g/mol. The first-order chi connectivity index (χ1) is 9.90. The highest BCUT2D eigenvalue weighted by molar-refractivity contribution is 7.90. The number of nitrogens with zero attached hydrogens (tertiary/aromatic N) is 1. The second-order valence-corrected chi connectivity index (χ2v) is 7.39. The number of hydrogen-bond acceptors (Lipinski definition) is 5. The molecule has 0 atom stereocenters. The molecule has 0 aliphatic carbocycles. The molecule has 0 radical (unpaired) electrons. The lowest BCUT2D eigenvalue weighted by atomic mass is 9.95. The van der Waals surface area contributed by atoms with E-state index in [1.165, 1.54) is 0 Å².